The number of ether oxygens (including phenoxy) is 12. The van der Waals surface area contributed by atoms with Gasteiger partial charge in [0.25, 0.3) is 0 Å². The normalized spacial score (nSPS) is 29.3. The average Bonchev–Trinajstić information content (AvgIpc) is 1.45. The second-order valence-corrected chi connectivity index (χ2v) is 47.0. The smallest absolute Gasteiger partial charge is 0.313 e. The number of fused-ring (bicyclic) bond motifs is 4. The summed E-state index contributed by atoms with van der Waals surface area (Å²) in [6, 6.07) is 0. The van der Waals surface area contributed by atoms with E-state index in [2.05, 4.69) is 96.9 Å². The van der Waals surface area contributed by atoms with Gasteiger partial charge in [0.2, 0.25) is 0 Å². The van der Waals surface area contributed by atoms with Crippen molar-refractivity contribution in [2.75, 3.05) is 60.6 Å². The van der Waals surface area contributed by atoms with Crippen molar-refractivity contribution in [3.63, 3.8) is 0 Å². The Balaban J connectivity index is 0.000000253. The molecule has 18 heteroatoms. The van der Waals surface area contributed by atoms with Gasteiger partial charge in [0.05, 0.1) is 70.6 Å². The summed E-state index contributed by atoms with van der Waals surface area (Å²) in [5.41, 5.74) is -0.563. The van der Waals surface area contributed by atoms with Crippen LogP contribution in [0.3, 0.4) is 0 Å². The van der Waals surface area contributed by atoms with E-state index in [9.17, 15) is 28.8 Å². The summed E-state index contributed by atoms with van der Waals surface area (Å²) in [7, 11) is 0. The minimum atomic E-state index is -0.430. The second-order valence-electron chi connectivity index (χ2n) is 47.0. The molecule has 0 amide bonds. The van der Waals surface area contributed by atoms with Crippen molar-refractivity contribution in [3.05, 3.63) is 0 Å². The van der Waals surface area contributed by atoms with Crippen molar-refractivity contribution in [2.45, 2.75) is 420 Å². The van der Waals surface area contributed by atoms with Crippen LogP contribution < -0.4 is 0 Å². The van der Waals surface area contributed by atoms with Gasteiger partial charge in [-0.25, -0.2) is 0 Å². The Hall–Kier alpha value is -3.42. The average molecular weight is 1670 g/mol. The largest absolute Gasteiger partial charge is 0.438 e. The fourth-order valence-corrected chi connectivity index (χ4v) is 21.4. The van der Waals surface area contributed by atoms with Gasteiger partial charge in [-0.1, -0.05) is 171 Å². The van der Waals surface area contributed by atoms with Gasteiger partial charge < -0.3 is 56.8 Å². The molecule has 6 unspecified atom stereocenters. The Kier molecular flexibility index (Phi) is 38.1. The number of hydrogen-bond acceptors (Lipinski definition) is 18. The molecular formula is C100H180O18. The molecule has 0 aromatic rings. The van der Waals surface area contributed by atoms with E-state index >= 15 is 0 Å². The first-order chi connectivity index (χ1) is 54.3. The summed E-state index contributed by atoms with van der Waals surface area (Å²) < 4.78 is 66.6. The van der Waals surface area contributed by atoms with E-state index < -0.39 is 32.5 Å². The van der Waals surface area contributed by atoms with E-state index in [0.29, 0.717) is 17.4 Å². The highest BCUT2D eigenvalue weighted by Gasteiger charge is 2.61. The second kappa shape index (κ2) is 42.7. The number of esters is 6. The number of carbonyl (C=O) groups is 6. The highest BCUT2D eigenvalue weighted by molar-refractivity contribution is 5.78. The molecule has 8 bridgehead atoms. The Morgan fingerprint density at radius 3 is 0.941 bits per heavy atom. The summed E-state index contributed by atoms with van der Waals surface area (Å²) >= 11 is 0. The summed E-state index contributed by atoms with van der Waals surface area (Å²) in [5.74, 6) is 5.12. The molecule has 0 heterocycles. The Morgan fingerprint density at radius 1 is 0.297 bits per heavy atom. The SMILES string of the molecule is CCC(C)(C)C(=O)OCOC1C(C)(C)CCC1(C)C.CCC(C)(C)C(=O)OCOC1C(C)(C)CCCC1(C)C.CCC(C)(C)C(=O)OCOC1C2(C)CCC(C2)C1(C)C.CCC(C)(C)C(=O)OCOCC1(C)C2CC3CC(C2)CC1C3.CCC(C)(C)C(=O)OCOCC1(C)CC2CCC1C2.CCC(C)(C)C(=O)OCOCC1(C)CCCCC1. The maximum absolute atomic E-state index is 12.0. The first kappa shape index (κ1) is 105. The molecule has 11 saturated carbocycles. The van der Waals surface area contributed by atoms with Gasteiger partial charge in [0, 0.05) is 0 Å². The lowest BCUT2D eigenvalue weighted by molar-refractivity contribution is -0.195. The molecule has 0 aliphatic heterocycles. The summed E-state index contributed by atoms with van der Waals surface area (Å²) in [5, 5.41) is 0. The first-order valence-corrected chi connectivity index (χ1v) is 46.9. The number of hydrogen-bond donors (Lipinski definition) is 0. The van der Waals surface area contributed by atoms with E-state index in [1.807, 2.05) is 125 Å². The molecule has 0 aromatic heterocycles. The van der Waals surface area contributed by atoms with Crippen LogP contribution in [0.15, 0.2) is 0 Å². The number of carbonyl (C=O) groups excluding carboxylic acids is 6. The predicted octanol–water partition coefficient (Wildman–Crippen LogP) is 24.9. The van der Waals surface area contributed by atoms with Gasteiger partial charge in [-0.15, -0.1) is 0 Å². The van der Waals surface area contributed by atoms with Crippen molar-refractivity contribution < 1.29 is 85.6 Å². The van der Waals surface area contributed by atoms with Crippen molar-refractivity contribution in [1.82, 2.24) is 0 Å². The maximum Gasteiger partial charge on any atom is 0.313 e. The maximum atomic E-state index is 12.0. The van der Waals surface area contributed by atoms with Crippen molar-refractivity contribution in [2.24, 2.45) is 123 Å². The predicted molar refractivity (Wildman–Crippen MR) is 470 cm³/mol. The van der Waals surface area contributed by atoms with Crippen LogP contribution in [0.5, 0.6) is 0 Å². The van der Waals surface area contributed by atoms with Crippen LogP contribution in [0, 0.1) is 123 Å². The van der Waals surface area contributed by atoms with Crippen LogP contribution in [0.25, 0.3) is 0 Å². The van der Waals surface area contributed by atoms with Crippen molar-refractivity contribution in [3.8, 4) is 0 Å². The van der Waals surface area contributed by atoms with Gasteiger partial charge >= 0.3 is 35.8 Å². The number of rotatable bonds is 33. The summed E-state index contributed by atoms with van der Waals surface area (Å²) in [6.07, 6.45) is 33.7. The molecule has 6 atom stereocenters. The minimum Gasteiger partial charge on any atom is -0.438 e. The Labute approximate surface area is 720 Å². The molecule has 11 fully saturated rings. The van der Waals surface area contributed by atoms with Crippen LogP contribution in [0.4, 0.5) is 0 Å². The molecule has 118 heavy (non-hydrogen) atoms. The lowest BCUT2D eigenvalue weighted by Gasteiger charge is -2.60. The van der Waals surface area contributed by atoms with E-state index in [0.717, 1.165) is 119 Å². The fourth-order valence-electron chi connectivity index (χ4n) is 21.4. The molecule has 688 valence electrons. The van der Waals surface area contributed by atoms with Crippen LogP contribution in [-0.2, 0) is 85.6 Å². The fraction of sp³-hybridized carbons (Fsp3) is 0.940. The van der Waals surface area contributed by atoms with Crippen LogP contribution in [0.1, 0.15) is 401 Å². The van der Waals surface area contributed by atoms with E-state index in [4.69, 9.17) is 56.8 Å². The Morgan fingerprint density at radius 2 is 0.619 bits per heavy atom. The lowest BCUT2D eigenvalue weighted by atomic mass is 9.46. The van der Waals surface area contributed by atoms with Gasteiger partial charge in [0.15, 0.2) is 40.8 Å². The van der Waals surface area contributed by atoms with E-state index in [-0.39, 0.29) is 133 Å². The highest BCUT2D eigenvalue weighted by Crippen LogP contribution is 2.65. The molecule has 0 N–H and O–H groups in total. The van der Waals surface area contributed by atoms with E-state index in [1.54, 1.807) is 0 Å². The molecule has 0 spiro atoms. The molecule has 0 radical (unpaired) electrons. The topological polar surface area (TPSA) is 213 Å². The standard InChI is InChI=1S/C19H32O3.C17H30O3.C17H32O3.C16H28O3.C16H30O3.C15H28O3/c1-5-18(2,3)17(20)22-12-21-11-19(4)15-7-13-6-14(9-15)10-16(19)8-13;1-7-15(2,3)14(18)20-11-19-13-16(4,5)12-8-9-17(13,6)10-12;1-8-15(2,3)14(18)20-12-19-13-16(4,5)10-9-11-17(13,6)7;1-5-15(2,3)14(17)19-11-18-10-16(4)9-12-6-7-13(16)8-12;1-8-14(2,3)13(17)19-11-18-12-15(4,5)9-10-16(12,6)7;1-5-14(2,3)13(16)18-12-17-11-15(4)9-7-6-8-10-15/h13-16H,5-12H2,1-4H3;12-13H,7-11H2,1-6H3;13H,8-12H2,1-7H3;12-13H,5-11H2,1-4H3;12H,8-11H2,1-7H3;5-12H2,1-4H3. The van der Waals surface area contributed by atoms with Crippen molar-refractivity contribution in [1.29, 1.82) is 0 Å². The zero-order valence-electron chi connectivity index (χ0n) is 81.8. The highest BCUT2D eigenvalue weighted by atomic mass is 16.7. The third-order valence-corrected chi connectivity index (χ3v) is 32.4. The Bertz CT molecular complexity index is 3040. The van der Waals surface area contributed by atoms with E-state index in [1.165, 1.54) is 116 Å². The zero-order valence-corrected chi connectivity index (χ0v) is 81.8. The van der Waals surface area contributed by atoms with Crippen molar-refractivity contribution >= 4 is 35.8 Å². The molecule has 11 aliphatic rings. The third-order valence-electron chi connectivity index (χ3n) is 32.4. The van der Waals surface area contributed by atoms with Gasteiger partial charge in [0.1, 0.15) is 0 Å². The molecule has 11 rings (SSSR count). The minimum absolute atomic E-state index is 0.0692. The molecule has 0 aromatic carbocycles. The summed E-state index contributed by atoms with van der Waals surface area (Å²) in [4.78, 5) is 71.3. The summed E-state index contributed by atoms with van der Waals surface area (Å²) in [6.45, 7) is 69.5. The monoisotopic (exact) mass is 1670 g/mol. The van der Waals surface area contributed by atoms with Crippen LogP contribution in [0.2, 0.25) is 0 Å². The lowest BCUT2D eigenvalue weighted by Crippen LogP contribution is -2.53. The third kappa shape index (κ3) is 28.3. The zero-order chi connectivity index (χ0) is 89.4. The molecule has 0 saturated heterocycles. The van der Waals surface area contributed by atoms with Crippen LogP contribution in [-0.4, -0.2) is 115 Å². The first-order valence-electron chi connectivity index (χ1n) is 46.9. The quantitative estimate of drug-likeness (QED) is 0.0258. The molecule has 18 nitrogen and oxygen atoms in total. The molecule has 11 aliphatic carbocycles. The van der Waals surface area contributed by atoms with Crippen LogP contribution >= 0.6 is 0 Å². The van der Waals surface area contributed by atoms with Gasteiger partial charge in [-0.05, 0) is 321 Å². The molecular weight excluding hydrogens is 1490 g/mol. The van der Waals surface area contributed by atoms with Gasteiger partial charge in [-0.3, -0.25) is 28.8 Å². The van der Waals surface area contributed by atoms with Gasteiger partial charge in [-0.2, -0.15) is 0 Å².